The average Bonchev–Trinajstić information content (AvgIpc) is 2.68. The summed E-state index contributed by atoms with van der Waals surface area (Å²) in [5, 5.41) is 0. The first-order valence-corrected chi connectivity index (χ1v) is 8.63. The van der Waals surface area contributed by atoms with Gasteiger partial charge in [0.1, 0.15) is 11.3 Å². The zero-order valence-electron chi connectivity index (χ0n) is 17.5. The van der Waals surface area contributed by atoms with Crippen molar-refractivity contribution in [2.24, 2.45) is 0 Å². The molecule has 1 atom stereocenters. The molecule has 1 aliphatic rings. The van der Waals surface area contributed by atoms with Crippen molar-refractivity contribution < 1.29 is 38.1 Å². The van der Waals surface area contributed by atoms with Gasteiger partial charge in [0.2, 0.25) is 0 Å². The van der Waals surface area contributed by atoms with Gasteiger partial charge in [-0.3, -0.25) is 0 Å². The Balaban J connectivity index is 4.20. The molecule has 1 heterocycles. The Bertz CT molecular complexity index is 742. The van der Waals surface area contributed by atoms with Gasteiger partial charge in [0.25, 0.3) is 0 Å². The molecule has 9 nitrogen and oxygen atoms in total. The van der Waals surface area contributed by atoms with Gasteiger partial charge in [0.05, 0.1) is 45.6 Å². The van der Waals surface area contributed by atoms with E-state index < -0.39 is 41.0 Å². The molecule has 0 saturated heterocycles. The Labute approximate surface area is 164 Å². The summed E-state index contributed by atoms with van der Waals surface area (Å²) in [5.74, 6) is -3.61. The van der Waals surface area contributed by atoms with Gasteiger partial charge in [-0.05, 0) is 27.2 Å². The summed E-state index contributed by atoms with van der Waals surface area (Å²) < 4.78 is 19.4. The molecule has 0 spiro atoms. The van der Waals surface area contributed by atoms with Crippen LogP contribution in [-0.2, 0) is 38.1 Å². The second kappa shape index (κ2) is 8.90. The SMILES string of the molecule is CCC1C(C(=O)OC)=C(C(=O)OC)C(C(=O)OC)=C(C(=O)OC)N1C(C)(C)C. The lowest BCUT2D eigenvalue weighted by atomic mass is 9.83. The number of ether oxygens (including phenoxy) is 4. The van der Waals surface area contributed by atoms with Crippen molar-refractivity contribution in [1.82, 2.24) is 4.90 Å². The minimum Gasteiger partial charge on any atom is -0.466 e. The van der Waals surface area contributed by atoms with Crippen LogP contribution in [0.2, 0.25) is 0 Å². The number of rotatable bonds is 5. The molecular weight excluding hydrogens is 370 g/mol. The van der Waals surface area contributed by atoms with Crippen molar-refractivity contribution in [2.75, 3.05) is 28.4 Å². The summed E-state index contributed by atoms with van der Waals surface area (Å²) in [4.78, 5) is 52.2. The monoisotopic (exact) mass is 397 g/mol. The number of hydrogen-bond donors (Lipinski definition) is 0. The highest BCUT2D eigenvalue weighted by Crippen LogP contribution is 2.40. The molecule has 1 unspecified atom stereocenters. The van der Waals surface area contributed by atoms with Crippen molar-refractivity contribution in [3.05, 3.63) is 22.4 Å². The molecule has 0 aromatic carbocycles. The average molecular weight is 397 g/mol. The molecule has 0 saturated carbocycles. The van der Waals surface area contributed by atoms with E-state index in [2.05, 4.69) is 0 Å². The Hall–Kier alpha value is -2.84. The molecule has 0 aromatic rings. The molecule has 1 rings (SSSR count). The van der Waals surface area contributed by atoms with Crippen molar-refractivity contribution >= 4 is 23.9 Å². The van der Waals surface area contributed by atoms with Crippen LogP contribution >= 0.6 is 0 Å². The third kappa shape index (κ3) is 4.02. The molecule has 0 fully saturated rings. The van der Waals surface area contributed by atoms with Crippen LogP contribution < -0.4 is 0 Å². The molecule has 0 amide bonds. The summed E-state index contributed by atoms with van der Waals surface area (Å²) in [7, 11) is 4.53. The Kier molecular flexibility index (Phi) is 7.37. The largest absolute Gasteiger partial charge is 0.466 e. The van der Waals surface area contributed by atoms with Crippen LogP contribution in [0.5, 0.6) is 0 Å². The zero-order valence-corrected chi connectivity index (χ0v) is 17.5. The quantitative estimate of drug-likeness (QED) is 0.498. The van der Waals surface area contributed by atoms with Gasteiger partial charge >= 0.3 is 23.9 Å². The van der Waals surface area contributed by atoms with Gasteiger partial charge in [-0.15, -0.1) is 0 Å². The first-order chi connectivity index (χ1) is 13.0. The van der Waals surface area contributed by atoms with E-state index in [0.29, 0.717) is 6.42 Å². The maximum Gasteiger partial charge on any atom is 0.355 e. The van der Waals surface area contributed by atoms with Gasteiger partial charge < -0.3 is 23.8 Å². The van der Waals surface area contributed by atoms with E-state index in [0.717, 1.165) is 28.4 Å². The fourth-order valence-corrected chi connectivity index (χ4v) is 3.27. The lowest BCUT2D eigenvalue weighted by molar-refractivity contribution is -0.144. The van der Waals surface area contributed by atoms with Gasteiger partial charge in [-0.1, -0.05) is 6.92 Å². The van der Waals surface area contributed by atoms with Crippen molar-refractivity contribution in [3.63, 3.8) is 0 Å². The number of esters is 4. The highest BCUT2D eigenvalue weighted by Gasteiger charge is 2.48. The van der Waals surface area contributed by atoms with Crippen LogP contribution in [0.15, 0.2) is 22.4 Å². The molecule has 0 N–H and O–H groups in total. The van der Waals surface area contributed by atoms with Crippen molar-refractivity contribution in [3.8, 4) is 0 Å². The predicted octanol–water partition coefficient (Wildman–Crippen LogP) is 1.12. The number of carbonyl (C=O) groups excluding carboxylic acids is 4. The molecule has 156 valence electrons. The topological polar surface area (TPSA) is 108 Å². The van der Waals surface area contributed by atoms with Gasteiger partial charge in [-0.25, -0.2) is 19.2 Å². The number of nitrogens with zero attached hydrogens (tertiary/aromatic N) is 1. The van der Waals surface area contributed by atoms with E-state index >= 15 is 0 Å². The minimum absolute atomic E-state index is 0.0835. The second-order valence-corrected chi connectivity index (χ2v) is 6.94. The Morgan fingerprint density at radius 3 is 1.57 bits per heavy atom. The third-order valence-corrected chi connectivity index (χ3v) is 4.31. The lowest BCUT2D eigenvalue weighted by Crippen LogP contribution is -2.54. The summed E-state index contributed by atoms with van der Waals surface area (Å²) in [6.45, 7) is 7.17. The normalized spacial score (nSPS) is 17.3. The number of carbonyl (C=O) groups is 4. The van der Waals surface area contributed by atoms with E-state index in [1.54, 1.807) is 32.6 Å². The lowest BCUT2D eigenvalue weighted by Gasteiger charge is -2.47. The maximum atomic E-state index is 12.7. The second-order valence-electron chi connectivity index (χ2n) is 6.94. The number of methoxy groups -OCH3 is 4. The first-order valence-electron chi connectivity index (χ1n) is 8.63. The van der Waals surface area contributed by atoms with Crippen LogP contribution in [0.3, 0.4) is 0 Å². The number of hydrogen-bond acceptors (Lipinski definition) is 9. The smallest absolute Gasteiger partial charge is 0.355 e. The van der Waals surface area contributed by atoms with Crippen molar-refractivity contribution in [2.45, 2.75) is 45.7 Å². The van der Waals surface area contributed by atoms with Crippen LogP contribution in [0, 0.1) is 0 Å². The van der Waals surface area contributed by atoms with Crippen LogP contribution in [0.1, 0.15) is 34.1 Å². The van der Waals surface area contributed by atoms with Crippen LogP contribution in [0.4, 0.5) is 0 Å². The van der Waals surface area contributed by atoms with E-state index in [-0.39, 0.29) is 16.8 Å². The standard InChI is InChI=1S/C19H27NO8/c1-9-10-11(15(21)25-5)12(16(22)26-6)13(17(23)27-7)14(18(24)28-8)20(10)19(2,3)4/h10H,9H2,1-8H3. The van der Waals surface area contributed by atoms with E-state index in [1.165, 1.54) is 0 Å². The molecule has 9 heteroatoms. The van der Waals surface area contributed by atoms with E-state index in [1.807, 2.05) is 0 Å². The zero-order chi connectivity index (χ0) is 21.8. The van der Waals surface area contributed by atoms with Gasteiger partial charge in [0, 0.05) is 5.54 Å². The predicted molar refractivity (Wildman–Crippen MR) is 97.8 cm³/mol. The molecule has 0 bridgehead atoms. The summed E-state index contributed by atoms with van der Waals surface area (Å²) in [6, 6.07) is -0.746. The summed E-state index contributed by atoms with van der Waals surface area (Å²) >= 11 is 0. The maximum absolute atomic E-state index is 12.7. The van der Waals surface area contributed by atoms with Gasteiger partial charge in [0.15, 0.2) is 0 Å². The summed E-state index contributed by atoms with van der Waals surface area (Å²) in [5.41, 5.74) is -1.76. The summed E-state index contributed by atoms with van der Waals surface area (Å²) in [6.07, 6.45) is 0.331. The van der Waals surface area contributed by atoms with Crippen molar-refractivity contribution in [1.29, 1.82) is 0 Å². The highest BCUT2D eigenvalue weighted by atomic mass is 16.5. The van der Waals surface area contributed by atoms with E-state index in [4.69, 9.17) is 18.9 Å². The van der Waals surface area contributed by atoms with Crippen LogP contribution in [0.25, 0.3) is 0 Å². The fourth-order valence-electron chi connectivity index (χ4n) is 3.27. The Morgan fingerprint density at radius 1 is 0.786 bits per heavy atom. The molecule has 1 aliphatic heterocycles. The van der Waals surface area contributed by atoms with Crippen LogP contribution in [-0.4, -0.2) is 68.8 Å². The highest BCUT2D eigenvalue weighted by molar-refractivity contribution is 6.16. The van der Waals surface area contributed by atoms with E-state index in [9.17, 15) is 19.2 Å². The fraction of sp³-hybridized carbons (Fsp3) is 0.579. The molecule has 28 heavy (non-hydrogen) atoms. The molecule has 0 radical (unpaired) electrons. The molecule has 0 aromatic heterocycles. The van der Waals surface area contributed by atoms with Gasteiger partial charge in [-0.2, -0.15) is 0 Å². The minimum atomic E-state index is -0.981. The molecule has 0 aliphatic carbocycles. The first kappa shape index (κ1) is 23.2. The molecular formula is C19H27NO8. The Morgan fingerprint density at radius 2 is 1.21 bits per heavy atom. The third-order valence-electron chi connectivity index (χ3n) is 4.31.